The summed E-state index contributed by atoms with van der Waals surface area (Å²) in [4.78, 5) is 26.2. The normalized spacial score (nSPS) is 12.1. The van der Waals surface area contributed by atoms with Gasteiger partial charge in [-0.25, -0.2) is 18.0 Å². The fourth-order valence-electron chi connectivity index (χ4n) is 3.03. The monoisotopic (exact) mass is 423 g/mol. The van der Waals surface area contributed by atoms with E-state index in [9.17, 15) is 22.8 Å². The molecule has 1 N–H and O–H groups in total. The molecule has 0 fully saturated rings. The van der Waals surface area contributed by atoms with Crippen LogP contribution in [0.4, 0.5) is 23.7 Å². The van der Waals surface area contributed by atoms with Crippen LogP contribution in [0.15, 0.2) is 41.3 Å². The highest BCUT2D eigenvalue weighted by Crippen LogP contribution is 2.29. The smallest absolute Gasteiger partial charge is 0.321 e. The van der Waals surface area contributed by atoms with E-state index in [1.165, 1.54) is 37.3 Å². The van der Waals surface area contributed by atoms with E-state index in [1.807, 2.05) is 0 Å². The molecule has 0 aliphatic carbocycles. The van der Waals surface area contributed by atoms with Crippen molar-refractivity contribution < 1.29 is 18.0 Å². The van der Waals surface area contributed by atoms with Gasteiger partial charge in [0.1, 0.15) is 5.82 Å². The third-order valence-corrected chi connectivity index (χ3v) is 5.11. The predicted molar refractivity (Wildman–Crippen MR) is 106 cm³/mol. The Morgan fingerprint density at radius 3 is 2.55 bits per heavy atom. The molecule has 0 saturated carbocycles. The van der Waals surface area contributed by atoms with Crippen molar-refractivity contribution in [3.63, 3.8) is 0 Å². The summed E-state index contributed by atoms with van der Waals surface area (Å²) in [6.07, 6.45) is 1.47. The summed E-state index contributed by atoms with van der Waals surface area (Å²) in [5.41, 5.74) is -0.0162. The maximum atomic E-state index is 14.3. The highest BCUT2D eigenvalue weighted by molar-refractivity contribution is 6.33. The third-order valence-electron chi connectivity index (χ3n) is 4.80. The highest BCUT2D eigenvalue weighted by Gasteiger charge is 2.23. The van der Waals surface area contributed by atoms with Gasteiger partial charge in [-0.15, -0.1) is 0 Å². The SMILES string of the molecule is CC(c1cn(C)c(=O)c2c(F)c(F)ccc12)N(C)C(=O)Nc1ccc(F)cc1Cl. The number of fused-ring (bicyclic) bond motifs is 1. The molecule has 0 aliphatic heterocycles. The van der Waals surface area contributed by atoms with Crippen LogP contribution in [0.3, 0.4) is 0 Å². The molecule has 0 saturated heterocycles. The number of urea groups is 1. The van der Waals surface area contributed by atoms with Crippen molar-refractivity contribution in [3.8, 4) is 0 Å². The van der Waals surface area contributed by atoms with Crippen molar-refractivity contribution >= 4 is 34.1 Å². The van der Waals surface area contributed by atoms with Crippen LogP contribution in [0, 0.1) is 17.5 Å². The number of aromatic nitrogens is 1. The zero-order valence-corrected chi connectivity index (χ0v) is 16.5. The number of pyridine rings is 1. The molecule has 1 unspecified atom stereocenters. The van der Waals surface area contributed by atoms with Gasteiger partial charge >= 0.3 is 6.03 Å². The number of nitrogens with zero attached hydrogens (tertiary/aromatic N) is 2. The quantitative estimate of drug-likeness (QED) is 0.655. The molecule has 29 heavy (non-hydrogen) atoms. The Morgan fingerprint density at radius 1 is 1.21 bits per heavy atom. The van der Waals surface area contributed by atoms with E-state index < -0.39 is 35.1 Å². The van der Waals surface area contributed by atoms with Crippen LogP contribution in [0.5, 0.6) is 0 Å². The number of halogens is 4. The Hall–Kier alpha value is -3.00. The maximum Gasteiger partial charge on any atom is 0.322 e. The molecule has 0 aliphatic rings. The number of rotatable bonds is 3. The molecule has 1 atom stereocenters. The largest absolute Gasteiger partial charge is 0.322 e. The van der Waals surface area contributed by atoms with E-state index >= 15 is 0 Å². The molecule has 2 aromatic carbocycles. The van der Waals surface area contributed by atoms with Crippen molar-refractivity contribution in [2.24, 2.45) is 7.05 Å². The number of carbonyl (C=O) groups excluding carboxylic acids is 1. The zero-order chi connectivity index (χ0) is 21.5. The minimum Gasteiger partial charge on any atom is -0.321 e. The summed E-state index contributed by atoms with van der Waals surface area (Å²) in [7, 11) is 2.91. The molecular weight excluding hydrogens is 407 g/mol. The number of carbonyl (C=O) groups is 1. The van der Waals surface area contributed by atoms with Crippen LogP contribution in [-0.4, -0.2) is 22.5 Å². The Bertz CT molecular complexity index is 1180. The molecule has 0 spiro atoms. The van der Waals surface area contributed by atoms with Crippen molar-refractivity contribution in [2.45, 2.75) is 13.0 Å². The van der Waals surface area contributed by atoms with Crippen LogP contribution in [0.25, 0.3) is 10.8 Å². The summed E-state index contributed by atoms with van der Waals surface area (Å²) < 4.78 is 42.3. The summed E-state index contributed by atoms with van der Waals surface area (Å²) in [5, 5.41) is 2.43. The second-order valence-corrected chi connectivity index (χ2v) is 7.03. The van der Waals surface area contributed by atoms with Crippen molar-refractivity contribution in [2.75, 3.05) is 12.4 Å². The first-order chi connectivity index (χ1) is 13.6. The molecule has 3 aromatic rings. The number of amides is 2. The molecule has 152 valence electrons. The molecule has 3 rings (SSSR count). The van der Waals surface area contributed by atoms with Crippen molar-refractivity contribution in [1.29, 1.82) is 0 Å². The average molecular weight is 424 g/mol. The van der Waals surface area contributed by atoms with Gasteiger partial charge in [-0.1, -0.05) is 17.7 Å². The summed E-state index contributed by atoms with van der Waals surface area (Å²) >= 11 is 5.93. The van der Waals surface area contributed by atoms with E-state index in [-0.39, 0.29) is 21.5 Å². The third kappa shape index (κ3) is 3.80. The Morgan fingerprint density at radius 2 is 1.90 bits per heavy atom. The molecular formula is C20H17ClF3N3O2. The van der Waals surface area contributed by atoms with E-state index in [0.717, 1.165) is 22.8 Å². The topological polar surface area (TPSA) is 54.3 Å². The van der Waals surface area contributed by atoms with Crippen molar-refractivity contribution in [3.05, 3.63) is 74.9 Å². The van der Waals surface area contributed by atoms with Crippen LogP contribution < -0.4 is 10.9 Å². The molecule has 0 radical (unpaired) electrons. The number of hydrogen-bond acceptors (Lipinski definition) is 2. The number of aryl methyl sites for hydroxylation is 1. The maximum absolute atomic E-state index is 14.3. The molecule has 2 amide bonds. The van der Waals surface area contributed by atoms with E-state index in [4.69, 9.17) is 11.6 Å². The minimum absolute atomic E-state index is 0.0320. The lowest BCUT2D eigenvalue weighted by Crippen LogP contribution is -2.34. The average Bonchev–Trinajstić information content (AvgIpc) is 2.68. The number of nitrogens with one attached hydrogen (secondary N) is 1. The lowest BCUT2D eigenvalue weighted by atomic mass is 10.0. The van der Waals surface area contributed by atoms with Gasteiger partial charge in [-0.3, -0.25) is 4.79 Å². The summed E-state index contributed by atoms with van der Waals surface area (Å²) in [6, 6.07) is 4.62. The van der Waals surface area contributed by atoms with Crippen LogP contribution in [0.2, 0.25) is 5.02 Å². The zero-order valence-electron chi connectivity index (χ0n) is 15.8. The molecule has 0 bridgehead atoms. The number of hydrogen-bond donors (Lipinski definition) is 1. The second-order valence-electron chi connectivity index (χ2n) is 6.63. The van der Waals surface area contributed by atoms with Crippen molar-refractivity contribution in [1.82, 2.24) is 9.47 Å². The van der Waals surface area contributed by atoms with Crippen LogP contribution >= 0.6 is 11.6 Å². The Kier molecular flexibility index (Phi) is 5.57. The highest BCUT2D eigenvalue weighted by atomic mass is 35.5. The number of benzene rings is 2. The fourth-order valence-corrected chi connectivity index (χ4v) is 3.24. The number of anilines is 1. The van der Waals surface area contributed by atoms with Gasteiger partial charge < -0.3 is 14.8 Å². The van der Waals surface area contributed by atoms with Gasteiger partial charge in [0.05, 0.1) is 22.1 Å². The first kappa shape index (κ1) is 20.7. The van der Waals surface area contributed by atoms with Gasteiger partial charge in [0.15, 0.2) is 11.6 Å². The van der Waals surface area contributed by atoms with E-state index in [2.05, 4.69) is 5.32 Å². The van der Waals surface area contributed by atoms with E-state index in [1.54, 1.807) is 6.92 Å². The molecule has 5 nitrogen and oxygen atoms in total. The predicted octanol–water partition coefficient (Wildman–Crippen LogP) is 4.83. The van der Waals surface area contributed by atoms with Gasteiger partial charge in [-0.05, 0) is 42.1 Å². The first-order valence-corrected chi connectivity index (χ1v) is 8.95. The van der Waals surface area contributed by atoms with Gasteiger partial charge in [0.2, 0.25) is 0 Å². The minimum atomic E-state index is -1.23. The molecule has 1 heterocycles. The molecule has 9 heteroatoms. The van der Waals surface area contributed by atoms with E-state index in [0.29, 0.717) is 5.56 Å². The second kappa shape index (κ2) is 7.79. The Balaban J connectivity index is 1.99. The van der Waals surface area contributed by atoms with Crippen LogP contribution in [-0.2, 0) is 7.05 Å². The van der Waals surface area contributed by atoms with Crippen LogP contribution in [0.1, 0.15) is 18.5 Å². The lowest BCUT2D eigenvalue weighted by molar-refractivity contribution is 0.208. The fraction of sp³-hybridized carbons (Fsp3) is 0.200. The van der Waals surface area contributed by atoms with Gasteiger partial charge in [-0.2, -0.15) is 0 Å². The standard InChI is InChI=1S/C20H17ClF3N3O2/c1-10(27(3)20(29)25-16-7-4-11(22)8-14(16)21)13-9-26(2)19(28)17-12(13)5-6-15(23)18(17)24/h4-10H,1-3H3,(H,25,29). The molecule has 1 aromatic heterocycles. The Labute approximate surface area is 169 Å². The van der Waals surface area contributed by atoms with Gasteiger partial charge in [0.25, 0.3) is 5.56 Å². The first-order valence-electron chi connectivity index (χ1n) is 8.58. The lowest BCUT2D eigenvalue weighted by Gasteiger charge is -2.27. The summed E-state index contributed by atoms with van der Waals surface area (Å²) in [6.45, 7) is 1.67. The summed E-state index contributed by atoms with van der Waals surface area (Å²) in [5.74, 6) is -2.90. The van der Waals surface area contributed by atoms with Gasteiger partial charge in [0, 0.05) is 20.3 Å².